The van der Waals surface area contributed by atoms with Crippen LogP contribution in [0.15, 0.2) is 34.6 Å². The summed E-state index contributed by atoms with van der Waals surface area (Å²) < 4.78 is 1.84. The number of anilines is 1. The Morgan fingerprint density at radius 2 is 2.19 bits per heavy atom. The van der Waals surface area contributed by atoms with Crippen LogP contribution in [0.5, 0.6) is 0 Å². The van der Waals surface area contributed by atoms with Crippen molar-refractivity contribution in [3.05, 3.63) is 29.5 Å². The van der Waals surface area contributed by atoms with Crippen molar-refractivity contribution < 1.29 is 4.79 Å². The minimum atomic E-state index is 0. The average Bonchev–Trinajstić information content (AvgIpc) is 3.13. The van der Waals surface area contributed by atoms with Crippen molar-refractivity contribution >= 4 is 47.4 Å². The molecule has 2 aliphatic rings. The molecule has 1 aliphatic heterocycles. The maximum atomic E-state index is 12.5. The number of aryl methyl sites for hydroxylation is 1. The Labute approximate surface area is 167 Å². The molecule has 2 fully saturated rings. The molecule has 1 aromatic heterocycles. The van der Waals surface area contributed by atoms with Gasteiger partial charge in [0.2, 0.25) is 5.91 Å². The van der Waals surface area contributed by atoms with Gasteiger partial charge in [-0.05, 0) is 67.7 Å². The van der Waals surface area contributed by atoms with Crippen LogP contribution in [0.2, 0.25) is 5.02 Å². The first-order chi connectivity index (χ1) is 12.1. The molecule has 1 amide bonds. The summed E-state index contributed by atoms with van der Waals surface area (Å²) in [6.45, 7) is 2.03. The summed E-state index contributed by atoms with van der Waals surface area (Å²) in [5, 5.41) is 15.7. The van der Waals surface area contributed by atoms with Crippen molar-refractivity contribution in [2.24, 2.45) is 18.4 Å². The molecule has 0 radical (unpaired) electrons. The summed E-state index contributed by atoms with van der Waals surface area (Å²) in [7, 11) is 1.89. The van der Waals surface area contributed by atoms with Crippen molar-refractivity contribution in [3.63, 3.8) is 0 Å². The number of hydrogen-bond acceptors (Lipinski definition) is 5. The first-order valence-corrected chi connectivity index (χ1v) is 9.60. The largest absolute Gasteiger partial charge is 0.326 e. The summed E-state index contributed by atoms with van der Waals surface area (Å²) in [5.41, 5.74) is 0.980. The lowest BCUT2D eigenvalue weighted by molar-refractivity contribution is -0.118. The van der Waals surface area contributed by atoms with E-state index in [9.17, 15) is 4.79 Å². The minimum absolute atomic E-state index is 0. The zero-order valence-corrected chi connectivity index (χ0v) is 16.8. The van der Waals surface area contributed by atoms with Gasteiger partial charge in [-0.2, -0.15) is 0 Å². The second-order valence-electron chi connectivity index (χ2n) is 6.83. The number of aromatic nitrogens is 3. The molecule has 4 rings (SSSR count). The highest BCUT2D eigenvalue weighted by Gasteiger charge is 2.57. The number of nitrogens with zero attached hydrogens (tertiary/aromatic N) is 3. The van der Waals surface area contributed by atoms with Crippen molar-refractivity contribution in [3.8, 4) is 0 Å². The topological polar surface area (TPSA) is 71.8 Å². The molecule has 1 spiro atoms. The number of piperidine rings is 1. The molecule has 2 aromatic rings. The van der Waals surface area contributed by atoms with E-state index in [2.05, 4.69) is 20.8 Å². The Bertz CT molecular complexity index is 806. The van der Waals surface area contributed by atoms with E-state index in [1.54, 1.807) is 12.4 Å². The molecule has 1 atom stereocenters. The zero-order chi connectivity index (χ0) is 17.4. The number of benzene rings is 1. The van der Waals surface area contributed by atoms with E-state index in [0.29, 0.717) is 5.02 Å². The van der Waals surface area contributed by atoms with E-state index in [4.69, 9.17) is 11.6 Å². The van der Waals surface area contributed by atoms with E-state index < -0.39 is 0 Å². The Balaban J connectivity index is 0.00000196. The van der Waals surface area contributed by atoms with Gasteiger partial charge in [0, 0.05) is 23.5 Å². The molecule has 1 saturated heterocycles. The number of nitrogens with one attached hydrogen (secondary N) is 2. The summed E-state index contributed by atoms with van der Waals surface area (Å²) in [4.78, 5) is 13.4. The number of hydrogen-bond donors (Lipinski definition) is 2. The fraction of sp³-hybridized carbons (Fsp3) is 0.471. The number of amides is 1. The lowest BCUT2D eigenvalue weighted by Gasteiger charge is -2.23. The second-order valence-corrected chi connectivity index (χ2v) is 8.25. The second kappa shape index (κ2) is 7.76. The predicted molar refractivity (Wildman–Crippen MR) is 105 cm³/mol. The Kier molecular flexibility index (Phi) is 5.81. The molecule has 1 aromatic carbocycles. The molecule has 1 unspecified atom stereocenters. The van der Waals surface area contributed by atoms with Crippen LogP contribution in [0, 0.1) is 11.3 Å². The standard InChI is InChI=1S/C17H20ClN5OS.ClH/c1-23-10-20-22-16(23)25-14-3-2-11(8-13(14)18)21-15(24)12-9-17(12)4-6-19-7-5-17;/h2-3,8,10,12,19H,4-7,9H2,1H3,(H,21,24);1H. The third-order valence-corrected chi connectivity index (χ3v) is 6.73. The normalized spacial score (nSPS) is 20.5. The molecule has 2 heterocycles. The highest BCUT2D eigenvalue weighted by molar-refractivity contribution is 7.99. The SMILES string of the molecule is Cl.Cn1cnnc1Sc1ccc(NC(=O)C2CC23CCNCC3)cc1Cl. The van der Waals surface area contributed by atoms with Crippen molar-refractivity contribution in [2.75, 3.05) is 18.4 Å². The number of halogens is 2. The van der Waals surface area contributed by atoms with Gasteiger partial charge in [0.05, 0.1) is 5.02 Å². The van der Waals surface area contributed by atoms with Crippen LogP contribution in [0.1, 0.15) is 19.3 Å². The Hall–Kier alpha value is -1.28. The molecule has 0 bridgehead atoms. The molecule has 9 heteroatoms. The Morgan fingerprint density at radius 3 is 2.85 bits per heavy atom. The first kappa shape index (κ1) is 19.5. The first-order valence-electron chi connectivity index (χ1n) is 8.40. The van der Waals surface area contributed by atoms with Gasteiger partial charge >= 0.3 is 0 Å². The third kappa shape index (κ3) is 3.86. The highest BCUT2D eigenvalue weighted by Crippen LogP contribution is 2.58. The molecule has 2 N–H and O–H groups in total. The van der Waals surface area contributed by atoms with Gasteiger partial charge in [-0.1, -0.05) is 11.6 Å². The summed E-state index contributed by atoms with van der Waals surface area (Å²) in [6.07, 6.45) is 4.85. The van der Waals surface area contributed by atoms with Gasteiger partial charge in [0.15, 0.2) is 5.16 Å². The highest BCUT2D eigenvalue weighted by atomic mass is 35.5. The average molecular weight is 414 g/mol. The summed E-state index contributed by atoms with van der Waals surface area (Å²) >= 11 is 7.83. The molecular weight excluding hydrogens is 393 g/mol. The van der Waals surface area contributed by atoms with E-state index in [1.807, 2.05) is 23.7 Å². The molecule has 1 aliphatic carbocycles. The van der Waals surface area contributed by atoms with E-state index >= 15 is 0 Å². The van der Waals surface area contributed by atoms with Gasteiger partial charge in [-0.3, -0.25) is 4.79 Å². The maximum Gasteiger partial charge on any atom is 0.228 e. The fourth-order valence-corrected chi connectivity index (χ4v) is 4.61. The van der Waals surface area contributed by atoms with Crippen LogP contribution in [-0.2, 0) is 11.8 Å². The maximum absolute atomic E-state index is 12.5. The van der Waals surface area contributed by atoms with E-state index in [-0.39, 0.29) is 29.6 Å². The smallest absolute Gasteiger partial charge is 0.228 e. The quantitative estimate of drug-likeness (QED) is 0.803. The molecule has 6 nitrogen and oxygen atoms in total. The molecule has 140 valence electrons. The number of rotatable bonds is 4. The van der Waals surface area contributed by atoms with Crippen LogP contribution in [-0.4, -0.2) is 33.8 Å². The molecular formula is C17H21Cl2N5OS. The summed E-state index contributed by atoms with van der Waals surface area (Å²) in [5.74, 6) is 0.257. The van der Waals surface area contributed by atoms with Crippen molar-refractivity contribution in [1.82, 2.24) is 20.1 Å². The number of carbonyl (C=O) groups is 1. The Morgan fingerprint density at radius 1 is 1.42 bits per heavy atom. The third-order valence-electron chi connectivity index (χ3n) is 5.18. The molecule has 26 heavy (non-hydrogen) atoms. The van der Waals surface area contributed by atoms with Crippen molar-refractivity contribution in [2.45, 2.75) is 29.3 Å². The van der Waals surface area contributed by atoms with Gasteiger partial charge < -0.3 is 15.2 Å². The molecule has 1 saturated carbocycles. The van der Waals surface area contributed by atoms with Crippen LogP contribution in [0.3, 0.4) is 0 Å². The van der Waals surface area contributed by atoms with Gasteiger partial charge in [-0.15, -0.1) is 22.6 Å². The van der Waals surface area contributed by atoms with E-state index in [1.165, 1.54) is 11.8 Å². The lowest BCUT2D eigenvalue weighted by Crippen LogP contribution is -2.31. The van der Waals surface area contributed by atoms with Crippen LogP contribution >= 0.6 is 35.8 Å². The number of carbonyl (C=O) groups excluding carboxylic acids is 1. The fourth-order valence-electron chi connectivity index (χ4n) is 3.55. The van der Waals surface area contributed by atoms with Crippen molar-refractivity contribution in [1.29, 1.82) is 0 Å². The van der Waals surface area contributed by atoms with E-state index in [0.717, 1.165) is 48.1 Å². The van der Waals surface area contributed by atoms with Crippen LogP contribution in [0.4, 0.5) is 5.69 Å². The summed E-state index contributed by atoms with van der Waals surface area (Å²) in [6, 6.07) is 5.60. The van der Waals surface area contributed by atoms with Gasteiger partial charge in [0.1, 0.15) is 6.33 Å². The van der Waals surface area contributed by atoms with Gasteiger partial charge in [-0.25, -0.2) is 0 Å². The lowest BCUT2D eigenvalue weighted by atomic mass is 9.92. The monoisotopic (exact) mass is 413 g/mol. The predicted octanol–water partition coefficient (Wildman–Crippen LogP) is 3.37. The minimum Gasteiger partial charge on any atom is -0.326 e. The van der Waals surface area contributed by atoms with Gasteiger partial charge in [0.25, 0.3) is 0 Å². The van der Waals surface area contributed by atoms with Crippen LogP contribution in [0.25, 0.3) is 0 Å². The zero-order valence-electron chi connectivity index (χ0n) is 14.4. The van der Waals surface area contributed by atoms with Crippen LogP contribution < -0.4 is 10.6 Å².